The van der Waals surface area contributed by atoms with E-state index in [1.807, 2.05) is 18.2 Å². The Labute approximate surface area is 170 Å². The summed E-state index contributed by atoms with van der Waals surface area (Å²) in [5.74, 6) is -1.28. The first kappa shape index (κ1) is 19.8. The Morgan fingerprint density at radius 1 is 1.17 bits per heavy atom. The molecule has 2 aromatic heterocycles. The van der Waals surface area contributed by atoms with Crippen LogP contribution >= 0.6 is 0 Å². The fourth-order valence-corrected chi connectivity index (χ4v) is 3.59. The van der Waals surface area contributed by atoms with Crippen molar-refractivity contribution >= 4 is 16.8 Å². The summed E-state index contributed by atoms with van der Waals surface area (Å²) in [7, 11) is 0. The van der Waals surface area contributed by atoms with E-state index in [9.17, 15) is 18.7 Å². The molecule has 2 aromatic carbocycles. The first-order valence-electron chi connectivity index (χ1n) is 9.29. The van der Waals surface area contributed by atoms with Gasteiger partial charge in [-0.15, -0.1) is 0 Å². The summed E-state index contributed by atoms with van der Waals surface area (Å²) >= 11 is 0. The van der Waals surface area contributed by atoms with Gasteiger partial charge in [0.25, 0.3) is 0 Å². The van der Waals surface area contributed by atoms with E-state index in [-0.39, 0.29) is 30.9 Å². The van der Waals surface area contributed by atoms with Gasteiger partial charge in [-0.3, -0.25) is 4.79 Å². The monoisotopic (exact) mass is 411 g/mol. The summed E-state index contributed by atoms with van der Waals surface area (Å²) in [6.45, 7) is 1.19. The summed E-state index contributed by atoms with van der Waals surface area (Å²) in [6.07, 6.45) is 2.75. The molecule has 0 amide bonds. The predicted molar refractivity (Wildman–Crippen MR) is 104 cm³/mol. The van der Waals surface area contributed by atoms with Gasteiger partial charge in [0.05, 0.1) is 30.5 Å². The van der Waals surface area contributed by atoms with Crippen molar-refractivity contribution in [2.45, 2.75) is 32.0 Å². The molecule has 4 aromatic rings. The number of ketones is 1. The number of benzene rings is 2. The lowest BCUT2D eigenvalue weighted by Crippen LogP contribution is -2.38. The number of Topliss-reactive ketones (excluding diaryl/α,β-unsaturated/α-hetero) is 1. The molecule has 0 spiro atoms. The fraction of sp³-hybridized carbons (Fsp3) is 0.238. The minimum atomic E-state index is -1.82. The lowest BCUT2D eigenvalue weighted by atomic mass is 9.92. The highest BCUT2D eigenvalue weighted by atomic mass is 19.1. The molecule has 0 saturated carbocycles. The third-order valence-electron chi connectivity index (χ3n) is 4.88. The van der Waals surface area contributed by atoms with Crippen molar-refractivity contribution in [2.24, 2.45) is 0 Å². The number of rotatable bonds is 7. The van der Waals surface area contributed by atoms with Crippen molar-refractivity contribution in [1.82, 2.24) is 24.3 Å². The zero-order valence-electron chi connectivity index (χ0n) is 16.2. The number of nitrogens with zero attached hydrogens (tertiary/aromatic N) is 5. The van der Waals surface area contributed by atoms with Crippen molar-refractivity contribution in [3.8, 4) is 0 Å². The van der Waals surface area contributed by atoms with Crippen LogP contribution in [0.15, 0.2) is 55.1 Å². The number of aliphatic hydroxyl groups is 1. The molecule has 1 unspecified atom stereocenters. The summed E-state index contributed by atoms with van der Waals surface area (Å²) in [5.41, 5.74) is -0.573. The Morgan fingerprint density at radius 3 is 2.67 bits per heavy atom. The van der Waals surface area contributed by atoms with Crippen LogP contribution in [0.25, 0.3) is 11.0 Å². The second kappa shape index (κ2) is 7.75. The van der Waals surface area contributed by atoms with Gasteiger partial charge in [-0.2, -0.15) is 5.10 Å². The molecule has 30 heavy (non-hydrogen) atoms. The highest BCUT2D eigenvalue weighted by Crippen LogP contribution is 2.31. The van der Waals surface area contributed by atoms with Crippen LogP contribution in [0.4, 0.5) is 8.78 Å². The Hall–Kier alpha value is -3.46. The molecule has 7 nitrogen and oxygen atoms in total. The number of imidazole rings is 1. The molecule has 0 aliphatic rings. The lowest BCUT2D eigenvalue weighted by molar-refractivity contribution is -0.116. The molecule has 154 valence electrons. The third kappa shape index (κ3) is 3.84. The summed E-state index contributed by atoms with van der Waals surface area (Å²) in [6, 6.07) is 10.3. The number of hydrogen-bond donors (Lipinski definition) is 1. The molecule has 0 fully saturated rings. The van der Waals surface area contributed by atoms with Crippen LogP contribution in [-0.4, -0.2) is 35.2 Å². The second-order valence-electron chi connectivity index (χ2n) is 7.23. The van der Waals surface area contributed by atoms with Crippen molar-refractivity contribution in [2.75, 3.05) is 0 Å². The lowest BCUT2D eigenvalue weighted by Gasteiger charge is -2.30. The number of para-hydroxylation sites is 2. The van der Waals surface area contributed by atoms with Gasteiger partial charge in [0.1, 0.15) is 41.5 Å². The molecular weight excluding hydrogens is 392 g/mol. The zero-order chi connectivity index (χ0) is 21.3. The van der Waals surface area contributed by atoms with Gasteiger partial charge in [0, 0.05) is 11.6 Å². The summed E-state index contributed by atoms with van der Waals surface area (Å²) < 4.78 is 31.3. The third-order valence-corrected chi connectivity index (χ3v) is 4.88. The molecule has 0 aliphatic carbocycles. The topological polar surface area (TPSA) is 85.8 Å². The van der Waals surface area contributed by atoms with E-state index in [2.05, 4.69) is 15.1 Å². The summed E-state index contributed by atoms with van der Waals surface area (Å²) in [4.78, 5) is 20.2. The first-order valence-corrected chi connectivity index (χ1v) is 9.29. The van der Waals surface area contributed by atoms with Crippen molar-refractivity contribution in [3.63, 3.8) is 0 Å². The minimum Gasteiger partial charge on any atom is -0.381 e. The van der Waals surface area contributed by atoms with Crippen LogP contribution in [0.1, 0.15) is 18.3 Å². The maximum atomic E-state index is 14.7. The van der Waals surface area contributed by atoms with Crippen molar-refractivity contribution < 1.29 is 18.7 Å². The van der Waals surface area contributed by atoms with E-state index >= 15 is 0 Å². The number of aromatic nitrogens is 5. The molecule has 0 saturated heterocycles. The number of carbonyl (C=O) groups is 1. The van der Waals surface area contributed by atoms with Gasteiger partial charge in [-0.1, -0.05) is 18.2 Å². The van der Waals surface area contributed by atoms with E-state index in [0.717, 1.165) is 12.1 Å². The quantitative estimate of drug-likeness (QED) is 0.505. The van der Waals surface area contributed by atoms with Crippen LogP contribution in [0.3, 0.4) is 0 Å². The number of hydrogen-bond acceptors (Lipinski definition) is 5. The van der Waals surface area contributed by atoms with Gasteiger partial charge in [-0.25, -0.2) is 23.4 Å². The average Bonchev–Trinajstić information content (AvgIpc) is 3.29. The molecule has 0 aliphatic heterocycles. The van der Waals surface area contributed by atoms with Crippen LogP contribution in [0.5, 0.6) is 0 Å². The van der Waals surface area contributed by atoms with Crippen LogP contribution in [-0.2, 0) is 29.9 Å². The van der Waals surface area contributed by atoms with Crippen molar-refractivity contribution in [1.29, 1.82) is 0 Å². The van der Waals surface area contributed by atoms with E-state index < -0.39 is 17.2 Å². The summed E-state index contributed by atoms with van der Waals surface area (Å²) in [5, 5.41) is 15.6. The second-order valence-corrected chi connectivity index (χ2v) is 7.23. The van der Waals surface area contributed by atoms with Crippen molar-refractivity contribution in [3.05, 3.63) is 78.1 Å². The maximum absolute atomic E-state index is 14.7. The first-order chi connectivity index (χ1) is 14.4. The van der Waals surface area contributed by atoms with Gasteiger partial charge < -0.3 is 9.67 Å². The highest BCUT2D eigenvalue weighted by molar-refractivity contribution is 5.80. The van der Waals surface area contributed by atoms with Crippen LogP contribution in [0.2, 0.25) is 0 Å². The van der Waals surface area contributed by atoms with E-state index in [0.29, 0.717) is 16.9 Å². The van der Waals surface area contributed by atoms with Crippen LogP contribution < -0.4 is 0 Å². The zero-order valence-corrected chi connectivity index (χ0v) is 16.2. The minimum absolute atomic E-state index is 0.0555. The standard InChI is InChI=1S/C21H19F2N5O2/c1-14(29)8-20-26-18-4-2-3-5-19(18)28(20)11-21(30,10-27-13-24-12-25-27)16-7-6-15(22)9-17(16)23/h2-7,9,12-13,30H,8,10-11H2,1H3. The fourth-order valence-electron chi connectivity index (χ4n) is 3.59. The molecule has 4 rings (SSSR count). The Morgan fingerprint density at radius 2 is 1.97 bits per heavy atom. The van der Waals surface area contributed by atoms with E-state index in [1.165, 1.54) is 30.3 Å². The molecule has 1 atom stereocenters. The number of fused-ring (bicyclic) bond motifs is 1. The molecule has 9 heteroatoms. The van der Waals surface area contributed by atoms with Gasteiger partial charge in [0.2, 0.25) is 0 Å². The van der Waals surface area contributed by atoms with E-state index in [1.54, 1.807) is 10.6 Å². The largest absolute Gasteiger partial charge is 0.381 e. The molecule has 1 N–H and O–H groups in total. The molecule has 0 radical (unpaired) electrons. The smallest absolute Gasteiger partial charge is 0.137 e. The molecular formula is C21H19F2N5O2. The molecule has 0 bridgehead atoms. The Bertz CT molecular complexity index is 1210. The SMILES string of the molecule is CC(=O)Cc1nc2ccccc2n1CC(O)(Cn1cncn1)c1ccc(F)cc1F. The highest BCUT2D eigenvalue weighted by Gasteiger charge is 2.35. The van der Waals surface area contributed by atoms with Gasteiger partial charge in [0.15, 0.2) is 0 Å². The van der Waals surface area contributed by atoms with Gasteiger partial charge >= 0.3 is 0 Å². The predicted octanol–water partition coefficient (Wildman–Crippen LogP) is 2.63. The van der Waals surface area contributed by atoms with E-state index in [4.69, 9.17) is 0 Å². The number of halogens is 2. The average molecular weight is 411 g/mol. The number of carbonyl (C=O) groups excluding carboxylic acids is 1. The van der Waals surface area contributed by atoms with Gasteiger partial charge in [-0.05, 0) is 25.1 Å². The maximum Gasteiger partial charge on any atom is 0.137 e. The normalized spacial score (nSPS) is 13.5. The molecule has 2 heterocycles. The van der Waals surface area contributed by atoms with Crippen LogP contribution in [0, 0.1) is 11.6 Å². The Kier molecular flexibility index (Phi) is 5.13. The Balaban J connectivity index is 1.85.